The van der Waals surface area contributed by atoms with Crippen LogP contribution in [0, 0.1) is 12.7 Å². The fraction of sp³-hybridized carbons (Fsp3) is 0.188. The minimum Gasteiger partial charge on any atom is -0.326 e. The van der Waals surface area contributed by atoms with E-state index in [2.05, 4.69) is 0 Å². The van der Waals surface area contributed by atoms with Crippen LogP contribution in [0.4, 0.5) is 10.1 Å². The van der Waals surface area contributed by atoms with Gasteiger partial charge in [-0.3, -0.25) is 4.79 Å². The summed E-state index contributed by atoms with van der Waals surface area (Å²) in [5.41, 5.74) is 8.34. The molecule has 0 aliphatic carbocycles. The van der Waals surface area contributed by atoms with Gasteiger partial charge in [-0.15, -0.1) is 0 Å². The lowest BCUT2D eigenvalue weighted by molar-refractivity contribution is 0.0992. The predicted octanol–water partition coefficient (Wildman–Crippen LogP) is 2.87. The Bertz CT molecular complexity index is 603. The van der Waals surface area contributed by atoms with Crippen molar-refractivity contribution in [3.63, 3.8) is 0 Å². The summed E-state index contributed by atoms with van der Waals surface area (Å²) in [6.07, 6.45) is 0. The fourth-order valence-electron chi connectivity index (χ4n) is 2.03. The second kappa shape index (κ2) is 5.84. The van der Waals surface area contributed by atoms with Gasteiger partial charge in [0.1, 0.15) is 5.82 Å². The highest BCUT2D eigenvalue weighted by atomic mass is 19.1. The van der Waals surface area contributed by atoms with Crippen molar-refractivity contribution in [1.82, 2.24) is 0 Å². The first-order valence-corrected chi connectivity index (χ1v) is 6.35. The van der Waals surface area contributed by atoms with Crippen molar-refractivity contribution < 1.29 is 9.18 Å². The molecule has 2 aromatic rings. The molecule has 2 N–H and O–H groups in total. The maximum Gasteiger partial charge on any atom is 0.258 e. The van der Waals surface area contributed by atoms with Crippen molar-refractivity contribution in [2.24, 2.45) is 5.73 Å². The number of nitrogens with two attached hydrogens (primary N) is 1. The quantitative estimate of drug-likeness (QED) is 0.934. The van der Waals surface area contributed by atoms with Gasteiger partial charge in [0.15, 0.2) is 0 Å². The SMILES string of the molecule is Cc1cc(F)cc(C(=O)N(C)c2ccc(CN)cc2)c1. The summed E-state index contributed by atoms with van der Waals surface area (Å²) >= 11 is 0. The first-order chi connectivity index (χ1) is 9.51. The molecule has 0 spiro atoms. The van der Waals surface area contributed by atoms with E-state index in [-0.39, 0.29) is 5.91 Å². The molecule has 3 nitrogen and oxygen atoms in total. The minimum atomic E-state index is -0.403. The molecule has 0 radical (unpaired) electrons. The van der Waals surface area contributed by atoms with E-state index in [4.69, 9.17) is 5.73 Å². The average Bonchev–Trinajstić information content (AvgIpc) is 2.45. The summed E-state index contributed by atoms with van der Waals surface area (Å²) in [6, 6.07) is 11.7. The van der Waals surface area contributed by atoms with Crippen LogP contribution in [-0.4, -0.2) is 13.0 Å². The van der Waals surface area contributed by atoms with E-state index in [0.717, 1.165) is 16.8 Å². The van der Waals surface area contributed by atoms with Crippen LogP contribution in [0.25, 0.3) is 0 Å². The van der Waals surface area contributed by atoms with Gasteiger partial charge in [0.2, 0.25) is 0 Å². The molecule has 0 unspecified atom stereocenters. The van der Waals surface area contributed by atoms with Gasteiger partial charge in [0.05, 0.1) is 0 Å². The molecule has 1 amide bonds. The van der Waals surface area contributed by atoms with Gasteiger partial charge in [-0.1, -0.05) is 12.1 Å². The van der Waals surface area contributed by atoms with Gasteiger partial charge in [-0.25, -0.2) is 4.39 Å². The zero-order valence-corrected chi connectivity index (χ0v) is 11.6. The summed E-state index contributed by atoms with van der Waals surface area (Å²) < 4.78 is 13.4. The van der Waals surface area contributed by atoms with E-state index in [1.807, 2.05) is 24.3 Å². The van der Waals surface area contributed by atoms with Gasteiger partial charge < -0.3 is 10.6 Å². The zero-order chi connectivity index (χ0) is 14.7. The number of carbonyl (C=O) groups excluding carboxylic acids is 1. The number of halogens is 1. The molecule has 0 atom stereocenters. The second-order valence-corrected chi connectivity index (χ2v) is 4.75. The molecule has 0 saturated carbocycles. The second-order valence-electron chi connectivity index (χ2n) is 4.75. The first-order valence-electron chi connectivity index (χ1n) is 6.35. The van der Waals surface area contributed by atoms with Crippen LogP contribution in [0.1, 0.15) is 21.5 Å². The Morgan fingerprint density at radius 3 is 2.40 bits per heavy atom. The molecule has 0 bridgehead atoms. The third kappa shape index (κ3) is 3.03. The van der Waals surface area contributed by atoms with Gasteiger partial charge >= 0.3 is 0 Å². The Hall–Kier alpha value is -2.20. The number of anilines is 1. The molecule has 0 fully saturated rings. The van der Waals surface area contributed by atoms with Gasteiger partial charge in [-0.2, -0.15) is 0 Å². The number of carbonyl (C=O) groups is 1. The Labute approximate surface area is 117 Å². The highest BCUT2D eigenvalue weighted by molar-refractivity contribution is 6.05. The molecule has 2 rings (SSSR count). The van der Waals surface area contributed by atoms with Crippen LogP contribution in [0.15, 0.2) is 42.5 Å². The lowest BCUT2D eigenvalue weighted by Crippen LogP contribution is -2.26. The maximum atomic E-state index is 13.4. The topological polar surface area (TPSA) is 46.3 Å². The van der Waals surface area contributed by atoms with Crippen molar-refractivity contribution in [2.45, 2.75) is 13.5 Å². The standard InChI is InChI=1S/C16H17FN2O/c1-11-7-13(9-14(17)8-11)16(20)19(2)15-5-3-12(10-18)4-6-15/h3-9H,10,18H2,1-2H3. The third-order valence-corrected chi connectivity index (χ3v) is 3.15. The zero-order valence-electron chi connectivity index (χ0n) is 11.6. The van der Waals surface area contributed by atoms with Crippen LogP contribution < -0.4 is 10.6 Å². The molecule has 20 heavy (non-hydrogen) atoms. The Kier molecular flexibility index (Phi) is 4.15. The van der Waals surface area contributed by atoms with Crippen molar-refractivity contribution in [3.8, 4) is 0 Å². The molecule has 0 aromatic heterocycles. The number of aryl methyl sites for hydroxylation is 1. The lowest BCUT2D eigenvalue weighted by Gasteiger charge is -2.18. The molecular formula is C16H17FN2O. The number of amides is 1. The first kappa shape index (κ1) is 14.2. The summed E-state index contributed by atoms with van der Waals surface area (Å²) in [4.78, 5) is 13.8. The van der Waals surface area contributed by atoms with Gasteiger partial charge in [-0.05, 0) is 48.4 Å². The normalized spacial score (nSPS) is 10.4. The average molecular weight is 272 g/mol. The van der Waals surface area contributed by atoms with Gasteiger partial charge in [0.25, 0.3) is 5.91 Å². The van der Waals surface area contributed by atoms with Crippen LogP contribution in [0.5, 0.6) is 0 Å². The Morgan fingerprint density at radius 1 is 1.20 bits per heavy atom. The van der Waals surface area contributed by atoms with Gasteiger partial charge in [0, 0.05) is 24.8 Å². The van der Waals surface area contributed by atoms with E-state index in [9.17, 15) is 9.18 Å². The van der Waals surface area contributed by atoms with Crippen molar-refractivity contribution in [1.29, 1.82) is 0 Å². The van der Waals surface area contributed by atoms with E-state index in [0.29, 0.717) is 12.1 Å². The van der Waals surface area contributed by atoms with Crippen LogP contribution in [-0.2, 0) is 6.54 Å². The molecular weight excluding hydrogens is 255 g/mol. The maximum absolute atomic E-state index is 13.4. The van der Waals surface area contributed by atoms with E-state index in [1.54, 1.807) is 20.0 Å². The molecule has 0 heterocycles. The number of hydrogen-bond donors (Lipinski definition) is 1. The highest BCUT2D eigenvalue weighted by Gasteiger charge is 2.14. The number of hydrogen-bond acceptors (Lipinski definition) is 2. The summed E-state index contributed by atoms with van der Waals surface area (Å²) in [6.45, 7) is 2.22. The Morgan fingerprint density at radius 2 is 1.85 bits per heavy atom. The smallest absolute Gasteiger partial charge is 0.258 e. The van der Waals surface area contributed by atoms with E-state index >= 15 is 0 Å². The summed E-state index contributed by atoms with van der Waals surface area (Å²) in [7, 11) is 1.67. The van der Waals surface area contributed by atoms with E-state index < -0.39 is 5.82 Å². The molecule has 104 valence electrons. The van der Waals surface area contributed by atoms with Crippen molar-refractivity contribution in [2.75, 3.05) is 11.9 Å². The van der Waals surface area contributed by atoms with Crippen LogP contribution >= 0.6 is 0 Å². The van der Waals surface area contributed by atoms with Crippen molar-refractivity contribution >= 4 is 11.6 Å². The fourth-order valence-corrected chi connectivity index (χ4v) is 2.03. The van der Waals surface area contributed by atoms with Crippen molar-refractivity contribution in [3.05, 3.63) is 65.0 Å². The minimum absolute atomic E-state index is 0.243. The highest BCUT2D eigenvalue weighted by Crippen LogP contribution is 2.18. The number of rotatable bonds is 3. The number of benzene rings is 2. The monoisotopic (exact) mass is 272 g/mol. The Balaban J connectivity index is 2.27. The van der Waals surface area contributed by atoms with E-state index in [1.165, 1.54) is 17.0 Å². The van der Waals surface area contributed by atoms with Crippen LogP contribution in [0.3, 0.4) is 0 Å². The molecule has 2 aromatic carbocycles. The molecule has 0 aliphatic rings. The summed E-state index contributed by atoms with van der Waals surface area (Å²) in [5.74, 6) is -0.645. The molecule has 0 aliphatic heterocycles. The molecule has 4 heteroatoms. The van der Waals surface area contributed by atoms with Crippen LogP contribution in [0.2, 0.25) is 0 Å². The molecule has 0 saturated heterocycles. The summed E-state index contributed by atoms with van der Waals surface area (Å²) in [5, 5.41) is 0. The predicted molar refractivity (Wildman–Crippen MR) is 78.2 cm³/mol. The largest absolute Gasteiger partial charge is 0.326 e. The number of nitrogens with zero attached hydrogens (tertiary/aromatic N) is 1. The lowest BCUT2D eigenvalue weighted by atomic mass is 10.1. The third-order valence-electron chi connectivity index (χ3n) is 3.15.